The molecule has 0 fully saturated rings. The van der Waals surface area contributed by atoms with Crippen LogP contribution in [0.2, 0.25) is 5.02 Å². The van der Waals surface area contributed by atoms with Crippen LogP contribution in [0.5, 0.6) is 0 Å². The van der Waals surface area contributed by atoms with E-state index in [0.29, 0.717) is 0 Å². The zero-order chi connectivity index (χ0) is 18.9. The van der Waals surface area contributed by atoms with E-state index in [1.807, 2.05) is 0 Å². The zero-order valence-corrected chi connectivity index (χ0v) is 20.4. The minimum atomic E-state index is -3.81. The van der Waals surface area contributed by atoms with Gasteiger partial charge in [0, 0.05) is 0 Å². The van der Waals surface area contributed by atoms with E-state index in [0.717, 1.165) is 5.92 Å². The molecule has 6 nitrogen and oxygen atoms in total. The number of hydrogen-bond acceptors (Lipinski definition) is 2. The molecule has 6 N–H and O–H groups in total. The average molecular weight is 463 g/mol. The Morgan fingerprint density at radius 2 is 1.09 bits per heavy atom. The second-order valence-electron chi connectivity index (χ2n) is 5.17. The van der Waals surface area contributed by atoms with Crippen molar-refractivity contribution < 1.29 is 47.7 Å². The molecule has 0 aromatic rings. The van der Waals surface area contributed by atoms with Crippen LogP contribution in [0.1, 0.15) is 65.2 Å². The maximum atomic E-state index is 7.56. The molecule has 0 saturated carbocycles. The SMILES string of the molecule is CCCCCCC([CH2][Zn])CCCC.OP(O)(O)=S.OP(O)(O)=S. The smallest absolute Gasteiger partial charge is 0.319 e. The summed E-state index contributed by atoms with van der Waals surface area (Å²) in [5.41, 5.74) is 0. The van der Waals surface area contributed by atoms with Crippen molar-refractivity contribution in [1.29, 1.82) is 0 Å². The van der Waals surface area contributed by atoms with Gasteiger partial charge in [-0.1, -0.05) is 0 Å². The summed E-state index contributed by atoms with van der Waals surface area (Å²) in [5.74, 6) is 1.08. The predicted octanol–water partition coefficient (Wildman–Crippen LogP) is 3.10. The van der Waals surface area contributed by atoms with Gasteiger partial charge in [-0.3, -0.25) is 0 Å². The largest absolute Gasteiger partial charge is 0.325 e. The summed E-state index contributed by atoms with van der Waals surface area (Å²) in [7, 11) is 0. The molecular formula is C12H31O6P2S2Zn. The van der Waals surface area contributed by atoms with Gasteiger partial charge >= 0.3 is 108 Å². The maximum Gasteiger partial charge on any atom is 0.319 e. The van der Waals surface area contributed by atoms with Crippen molar-refractivity contribution >= 4 is 37.1 Å². The molecule has 23 heavy (non-hydrogen) atoms. The van der Waals surface area contributed by atoms with Crippen LogP contribution in [0.25, 0.3) is 0 Å². The fourth-order valence-electron chi connectivity index (χ4n) is 1.79. The first-order chi connectivity index (χ1) is 10.3. The van der Waals surface area contributed by atoms with Gasteiger partial charge in [0.2, 0.25) is 0 Å². The molecule has 0 aromatic heterocycles. The van der Waals surface area contributed by atoms with Crippen LogP contribution in [0.3, 0.4) is 0 Å². The number of unbranched alkanes of at least 4 members (excludes halogenated alkanes) is 4. The number of rotatable bonds is 9. The molecule has 0 radical (unpaired) electrons. The van der Waals surface area contributed by atoms with Crippen molar-refractivity contribution in [2.45, 2.75) is 70.2 Å². The van der Waals surface area contributed by atoms with Crippen molar-refractivity contribution in [1.82, 2.24) is 0 Å². The molecule has 0 aliphatic rings. The first kappa shape index (κ1) is 29.4. The number of hydrogen-bond donors (Lipinski definition) is 6. The quantitative estimate of drug-likeness (QED) is 0.176. The maximum absolute atomic E-state index is 7.56. The van der Waals surface area contributed by atoms with Crippen LogP contribution in [0, 0.1) is 5.92 Å². The Balaban J connectivity index is -0.000000329. The van der Waals surface area contributed by atoms with Crippen LogP contribution >= 0.6 is 13.4 Å². The van der Waals surface area contributed by atoms with Gasteiger partial charge < -0.3 is 29.4 Å². The van der Waals surface area contributed by atoms with Gasteiger partial charge in [-0.2, -0.15) is 0 Å². The molecule has 0 bridgehead atoms. The Bertz CT molecular complexity index is 301. The average Bonchev–Trinajstić information content (AvgIpc) is 2.34. The van der Waals surface area contributed by atoms with Gasteiger partial charge in [0.05, 0.1) is 0 Å². The van der Waals surface area contributed by atoms with Crippen molar-refractivity contribution in [2.24, 2.45) is 5.92 Å². The topological polar surface area (TPSA) is 121 Å². The molecule has 0 saturated heterocycles. The second kappa shape index (κ2) is 18.5. The molecule has 0 spiro atoms. The van der Waals surface area contributed by atoms with E-state index in [-0.39, 0.29) is 0 Å². The summed E-state index contributed by atoms with van der Waals surface area (Å²) >= 11 is 8.71. The normalized spacial score (nSPS) is 12.6. The van der Waals surface area contributed by atoms with Crippen LogP contribution in [-0.2, 0) is 41.9 Å². The van der Waals surface area contributed by atoms with Crippen LogP contribution in [0.4, 0.5) is 0 Å². The van der Waals surface area contributed by atoms with Crippen molar-refractivity contribution in [3.8, 4) is 0 Å². The second-order valence-corrected chi connectivity index (χ2v) is 11.4. The molecule has 1 unspecified atom stereocenters. The van der Waals surface area contributed by atoms with E-state index in [9.17, 15) is 0 Å². The van der Waals surface area contributed by atoms with E-state index in [2.05, 4.69) is 37.5 Å². The van der Waals surface area contributed by atoms with E-state index >= 15 is 0 Å². The van der Waals surface area contributed by atoms with E-state index < -0.39 is 13.4 Å². The van der Waals surface area contributed by atoms with Gasteiger partial charge in [-0.15, -0.1) is 0 Å². The first-order valence-electron chi connectivity index (χ1n) is 7.70. The molecule has 0 aromatic carbocycles. The summed E-state index contributed by atoms with van der Waals surface area (Å²) in [5, 5.41) is 1.52. The summed E-state index contributed by atoms with van der Waals surface area (Å²) in [6.07, 6.45) is 11.6. The molecule has 0 heterocycles. The summed E-state index contributed by atoms with van der Waals surface area (Å²) < 4.78 is 0. The molecular weight excluding hydrogens is 432 g/mol. The third-order valence-corrected chi connectivity index (χ3v) is 4.55. The predicted molar refractivity (Wildman–Crippen MR) is 98.5 cm³/mol. The van der Waals surface area contributed by atoms with Gasteiger partial charge in [-0.25, -0.2) is 0 Å². The van der Waals surface area contributed by atoms with E-state index in [1.54, 1.807) is 0 Å². The fourth-order valence-corrected chi connectivity index (χ4v) is 3.00. The molecule has 1 atom stereocenters. The van der Waals surface area contributed by atoms with Crippen molar-refractivity contribution in [2.75, 3.05) is 0 Å². The third kappa shape index (κ3) is 59.5. The summed E-state index contributed by atoms with van der Waals surface area (Å²) in [4.78, 5) is 45.3. The minimum Gasteiger partial charge on any atom is -0.325 e. The van der Waals surface area contributed by atoms with Crippen LogP contribution in [0.15, 0.2) is 0 Å². The standard InChI is InChI=1S/C12H25.2H3O3PS.Zn/c1-4-6-8-9-11-12(3)10-7-5-2;2*1-4(2,3)5;/h12H,3-11H2,1-2H3;2*(H3,1,2,3,5);. The molecule has 0 amide bonds. The molecule has 0 rings (SSSR count). The van der Waals surface area contributed by atoms with Gasteiger partial charge in [0.25, 0.3) is 0 Å². The monoisotopic (exact) mass is 461 g/mol. The molecule has 0 aliphatic heterocycles. The van der Waals surface area contributed by atoms with Gasteiger partial charge in [-0.05, 0) is 23.6 Å². The van der Waals surface area contributed by atoms with Gasteiger partial charge in [0.15, 0.2) is 0 Å². The third-order valence-electron chi connectivity index (χ3n) is 2.84. The Kier molecular flexibility index (Phi) is 23.7. The Hall–Kier alpha value is 1.68. The Morgan fingerprint density at radius 1 is 0.739 bits per heavy atom. The van der Waals surface area contributed by atoms with Crippen LogP contribution in [-0.4, -0.2) is 29.4 Å². The minimum absolute atomic E-state index is 1.08. The van der Waals surface area contributed by atoms with Crippen LogP contribution < -0.4 is 0 Å². The molecule has 11 heteroatoms. The van der Waals surface area contributed by atoms with Crippen molar-refractivity contribution in [3.63, 3.8) is 0 Å². The van der Waals surface area contributed by atoms with E-state index in [4.69, 9.17) is 29.4 Å². The first-order valence-corrected chi connectivity index (χ1v) is 15.1. The Morgan fingerprint density at radius 3 is 1.39 bits per heavy atom. The fraction of sp³-hybridized carbons (Fsp3) is 1.00. The molecule has 139 valence electrons. The van der Waals surface area contributed by atoms with Gasteiger partial charge in [0.1, 0.15) is 0 Å². The summed E-state index contributed by atoms with van der Waals surface area (Å²) in [6, 6.07) is 0. The van der Waals surface area contributed by atoms with E-state index in [1.165, 1.54) is 74.7 Å². The zero-order valence-electron chi connectivity index (χ0n) is 14.0. The Labute approximate surface area is 160 Å². The van der Waals surface area contributed by atoms with Crippen molar-refractivity contribution in [3.05, 3.63) is 0 Å². The summed E-state index contributed by atoms with van der Waals surface area (Å²) in [6.45, 7) is -3.01. The molecule has 0 aliphatic carbocycles.